The fourth-order valence-electron chi connectivity index (χ4n) is 8.16. The van der Waals surface area contributed by atoms with Gasteiger partial charge in [0.15, 0.2) is 0 Å². The maximum absolute atomic E-state index is 14.6. The molecule has 3 N–H and O–H groups in total. The summed E-state index contributed by atoms with van der Waals surface area (Å²) in [6.45, 7) is 13.3. The zero-order chi connectivity index (χ0) is 44.7. The number of pyridine rings is 1. The van der Waals surface area contributed by atoms with Crippen molar-refractivity contribution in [3.05, 3.63) is 91.0 Å². The van der Waals surface area contributed by atoms with Crippen LogP contribution in [0, 0.1) is 11.8 Å². The van der Waals surface area contributed by atoms with Gasteiger partial charge < -0.3 is 34.6 Å². The van der Waals surface area contributed by atoms with Crippen molar-refractivity contribution in [1.82, 2.24) is 25.2 Å². The molecule has 7 rings (SSSR count). The molecule has 4 aromatic rings. The number of nitrogens with one attached hydrogen (secondary N) is 3. The van der Waals surface area contributed by atoms with E-state index in [1.165, 1.54) is 40.8 Å². The second-order valence-corrected chi connectivity index (χ2v) is 19.2. The van der Waals surface area contributed by atoms with Crippen LogP contribution in [-0.2, 0) is 35.6 Å². The summed E-state index contributed by atoms with van der Waals surface area (Å²) in [6, 6.07) is 18.7. The van der Waals surface area contributed by atoms with Crippen LogP contribution >= 0.6 is 0 Å². The Hall–Kier alpha value is -6.16. The maximum atomic E-state index is 14.6. The lowest BCUT2D eigenvalue weighted by Crippen LogP contribution is -2.59. The molecule has 1 saturated heterocycles. The molecule has 3 aromatic carbocycles. The fourth-order valence-corrected chi connectivity index (χ4v) is 9.22. The van der Waals surface area contributed by atoms with Gasteiger partial charge in [0.05, 0.1) is 29.8 Å². The molecule has 3 aliphatic rings. The Morgan fingerprint density at radius 3 is 2.42 bits per heavy atom. The molecule has 62 heavy (non-hydrogen) atoms. The average molecular weight is 867 g/mol. The minimum Gasteiger partial charge on any atom is -0.497 e. The van der Waals surface area contributed by atoms with E-state index in [2.05, 4.69) is 46.0 Å². The second kappa shape index (κ2) is 17.0. The number of nitrogens with zero attached hydrogens (tertiary/aromatic N) is 3. The number of rotatable bonds is 13. The summed E-state index contributed by atoms with van der Waals surface area (Å²) in [5.74, 6) is -2.15. The largest absolute Gasteiger partial charge is 0.497 e. The highest BCUT2D eigenvalue weighted by atomic mass is 32.2. The Kier molecular flexibility index (Phi) is 12.0. The van der Waals surface area contributed by atoms with Gasteiger partial charge in [0.2, 0.25) is 11.8 Å². The first-order valence-electron chi connectivity index (χ1n) is 20.7. The van der Waals surface area contributed by atoms with E-state index in [0.717, 1.165) is 24.2 Å². The second-order valence-electron chi connectivity index (χ2n) is 17.5. The minimum atomic E-state index is -4.29. The lowest BCUT2D eigenvalue weighted by atomic mass is 10.0. The summed E-state index contributed by atoms with van der Waals surface area (Å²) in [4.78, 5) is 64.6. The van der Waals surface area contributed by atoms with Gasteiger partial charge in [-0.15, -0.1) is 6.58 Å². The van der Waals surface area contributed by atoms with Gasteiger partial charge >= 0.3 is 6.09 Å². The molecule has 0 spiro atoms. The zero-order valence-corrected chi connectivity index (χ0v) is 36.9. The molecule has 2 aliphatic heterocycles. The number of benzene rings is 3. The molecular weight excluding hydrogens is 813 g/mol. The zero-order valence-electron chi connectivity index (χ0n) is 36.1. The van der Waals surface area contributed by atoms with E-state index in [0.29, 0.717) is 28.1 Å². The van der Waals surface area contributed by atoms with E-state index in [9.17, 15) is 27.6 Å². The number of methoxy groups -OCH3 is 1. The smallest absolute Gasteiger partial charge is 0.408 e. The predicted molar refractivity (Wildman–Crippen MR) is 234 cm³/mol. The van der Waals surface area contributed by atoms with Crippen molar-refractivity contribution in [3.8, 4) is 22.8 Å². The lowest BCUT2D eigenvalue weighted by Gasteiger charge is -2.31. The molecule has 1 aliphatic carbocycles. The number of anilines is 1. The number of carbonyl (C=O) groups excluding carboxylic acids is 4. The molecule has 2 fully saturated rings. The van der Waals surface area contributed by atoms with Crippen molar-refractivity contribution in [1.29, 1.82) is 0 Å². The number of hydrogen-bond acceptors (Lipinski definition) is 11. The number of fused-ring (bicyclic) bond motifs is 2. The first-order chi connectivity index (χ1) is 29.3. The van der Waals surface area contributed by atoms with Crippen LogP contribution in [0.4, 0.5) is 10.5 Å². The Morgan fingerprint density at radius 2 is 1.76 bits per heavy atom. The number of aromatic nitrogens is 1. The average Bonchev–Trinajstić information content (AvgIpc) is 3.58. The number of amides is 4. The molecule has 328 valence electrons. The first kappa shape index (κ1) is 43.9. The van der Waals surface area contributed by atoms with Gasteiger partial charge in [-0.25, -0.2) is 22.9 Å². The number of ether oxygens (including phenoxy) is 3. The van der Waals surface area contributed by atoms with E-state index < -0.39 is 75.0 Å². The summed E-state index contributed by atoms with van der Waals surface area (Å²) in [5.41, 5.74) is 2.03. The quantitative estimate of drug-likeness (QED) is 0.147. The van der Waals surface area contributed by atoms with E-state index in [-0.39, 0.29) is 24.3 Å². The van der Waals surface area contributed by atoms with Crippen LogP contribution in [0.3, 0.4) is 0 Å². The highest BCUT2D eigenvalue weighted by Crippen LogP contribution is 2.45. The number of sulfonamides is 1. The van der Waals surface area contributed by atoms with Crippen LogP contribution in [0.25, 0.3) is 22.2 Å². The van der Waals surface area contributed by atoms with Crippen LogP contribution in [-0.4, -0.2) is 98.7 Å². The Morgan fingerprint density at radius 1 is 1.02 bits per heavy atom. The Bertz CT molecular complexity index is 2530. The van der Waals surface area contributed by atoms with Gasteiger partial charge in [-0.1, -0.05) is 44.2 Å². The molecule has 0 bridgehead atoms. The molecule has 15 nitrogen and oxygen atoms in total. The third-order valence-corrected chi connectivity index (χ3v) is 12.9. The number of hydrogen-bond donors (Lipinski definition) is 3. The molecule has 16 heteroatoms. The first-order valence-corrected chi connectivity index (χ1v) is 22.2. The third kappa shape index (κ3) is 9.06. The topological polar surface area (TPSA) is 186 Å². The highest BCUT2D eigenvalue weighted by molar-refractivity contribution is 7.90. The predicted octanol–water partition coefficient (Wildman–Crippen LogP) is 5.37. The Balaban J connectivity index is 1.22. The SMILES string of the molecule is C=C[C@@H]1C[C@]1(NC(=O)[C@@H]1C[C@@H](Oc2cc(-c3ccc4c(c3)CCN4C)nc3cc(OC)ccc23)CN1C(=O)[C@@H](NC(=O)OC(C)(C)C)C(C)C)C(=O)NS(=O)(=O)c1ccccc1. The molecule has 3 heterocycles. The summed E-state index contributed by atoms with van der Waals surface area (Å²) in [7, 11) is -0.655. The van der Waals surface area contributed by atoms with Crippen molar-refractivity contribution in [2.24, 2.45) is 11.8 Å². The monoisotopic (exact) mass is 866 g/mol. The van der Waals surface area contributed by atoms with E-state index in [1.807, 2.05) is 24.3 Å². The molecule has 1 aromatic heterocycles. The summed E-state index contributed by atoms with van der Waals surface area (Å²) >= 11 is 0. The van der Waals surface area contributed by atoms with Crippen molar-refractivity contribution in [3.63, 3.8) is 0 Å². The van der Waals surface area contributed by atoms with Crippen molar-refractivity contribution in [2.75, 3.05) is 32.1 Å². The Labute approximate surface area is 362 Å². The van der Waals surface area contributed by atoms with Crippen LogP contribution in [0.1, 0.15) is 53.0 Å². The van der Waals surface area contributed by atoms with Gasteiger partial charge in [0.25, 0.3) is 15.9 Å². The normalized spacial score (nSPS) is 21.2. The molecule has 0 unspecified atom stereocenters. The lowest BCUT2D eigenvalue weighted by molar-refractivity contribution is -0.141. The summed E-state index contributed by atoms with van der Waals surface area (Å²) < 4.78 is 46.4. The highest BCUT2D eigenvalue weighted by Gasteiger charge is 2.61. The molecular formula is C46H54N6O9S. The van der Waals surface area contributed by atoms with Crippen LogP contribution < -0.4 is 29.7 Å². The van der Waals surface area contributed by atoms with Crippen LogP contribution in [0.5, 0.6) is 11.5 Å². The van der Waals surface area contributed by atoms with Gasteiger partial charge in [0, 0.05) is 54.7 Å². The molecule has 5 atom stereocenters. The maximum Gasteiger partial charge on any atom is 0.408 e. The van der Waals surface area contributed by atoms with Gasteiger partial charge in [-0.2, -0.15) is 0 Å². The van der Waals surface area contributed by atoms with Gasteiger partial charge in [-0.05, 0) is 81.5 Å². The van der Waals surface area contributed by atoms with Crippen molar-refractivity contribution >= 4 is 50.4 Å². The van der Waals surface area contributed by atoms with E-state index >= 15 is 0 Å². The van der Waals surface area contributed by atoms with E-state index in [1.54, 1.807) is 53.9 Å². The summed E-state index contributed by atoms with van der Waals surface area (Å²) in [5, 5.41) is 6.19. The molecule has 4 amide bonds. The van der Waals surface area contributed by atoms with Gasteiger partial charge in [-0.3, -0.25) is 14.4 Å². The summed E-state index contributed by atoms with van der Waals surface area (Å²) in [6.07, 6.45) is 0.910. The number of carbonyl (C=O) groups is 4. The number of alkyl carbamates (subject to hydrolysis) is 1. The van der Waals surface area contributed by atoms with E-state index in [4.69, 9.17) is 19.2 Å². The molecule has 0 radical (unpaired) electrons. The van der Waals surface area contributed by atoms with Crippen LogP contribution in [0.15, 0.2) is 90.3 Å². The van der Waals surface area contributed by atoms with Crippen LogP contribution in [0.2, 0.25) is 0 Å². The number of likely N-dealkylation sites (N-methyl/N-ethyl adjacent to an activating group) is 1. The van der Waals surface area contributed by atoms with Crippen molar-refractivity contribution < 1.29 is 41.8 Å². The minimum absolute atomic E-state index is 0.00587. The number of likely N-dealkylation sites (tertiary alicyclic amines) is 1. The third-order valence-electron chi connectivity index (χ3n) is 11.6. The van der Waals surface area contributed by atoms with Crippen molar-refractivity contribution in [2.45, 2.75) is 88.1 Å². The fraction of sp³-hybridized carbons (Fsp3) is 0.413. The standard InChI is InChI=1S/C46H54N6O9S/c1-9-30-25-46(30,43(55)50-62(57,58)33-13-11-10-12-14-33)49-41(53)38-23-32(26-52(38)42(54)40(27(2)3)48-44(56)61-45(4,5)6)60-39-24-35(47-36-22-31(59-8)16-17-34(36)39)28-15-18-37-29(21-28)19-20-51(37)7/h9-18,21-22,24,27,30,32,38,40H,1,19-20,23,25-26H2,2-8H3,(H,48,56)(H,49,53)(H,50,55)/t30-,32-,38+,40+,46-/m1/s1. The van der Waals surface area contributed by atoms with Gasteiger partial charge in [0.1, 0.15) is 40.8 Å². The molecule has 1 saturated carbocycles.